The van der Waals surface area contributed by atoms with Crippen LogP contribution in [0.2, 0.25) is 5.15 Å². The molecule has 4 atom stereocenters. The molecule has 2 N–H and O–H groups in total. The normalized spacial score (nSPS) is 26.1. The molecule has 0 saturated heterocycles. The van der Waals surface area contributed by atoms with Crippen LogP contribution in [0.5, 0.6) is 0 Å². The molecule has 2 amide bonds. The Bertz CT molecular complexity index is 1680. The molecule has 2 aliphatic heterocycles. The second kappa shape index (κ2) is 7.55. The number of rotatable bonds is 1. The summed E-state index contributed by atoms with van der Waals surface area (Å²) in [7, 11) is 0. The lowest BCUT2D eigenvalue weighted by Gasteiger charge is -2.45. The van der Waals surface area contributed by atoms with E-state index in [1.807, 2.05) is 36.4 Å². The molecule has 1 aromatic carbocycles. The Kier molecular flexibility index (Phi) is 4.55. The van der Waals surface area contributed by atoms with Crippen LogP contribution < -0.4 is 10.6 Å². The number of imidazole rings is 2. The first kappa shape index (κ1) is 22.3. The Morgan fingerprint density at radius 2 is 1.76 bits per heavy atom. The van der Waals surface area contributed by atoms with Crippen LogP contribution >= 0.6 is 11.6 Å². The van der Waals surface area contributed by atoms with E-state index in [-0.39, 0.29) is 23.9 Å². The lowest BCUT2D eigenvalue weighted by Crippen LogP contribution is -2.40. The summed E-state index contributed by atoms with van der Waals surface area (Å²) in [6.07, 6.45) is 4.48. The molecule has 5 heterocycles. The second-order valence-electron chi connectivity index (χ2n) is 10.3. The number of urea groups is 1. The molecule has 2 bridgehead atoms. The van der Waals surface area contributed by atoms with Crippen LogP contribution in [0.15, 0.2) is 65.8 Å². The number of allylic oxidation sites excluding steroid dienone is 4. The number of amides is 2. The van der Waals surface area contributed by atoms with E-state index in [2.05, 4.69) is 60.1 Å². The first-order valence-corrected chi connectivity index (χ1v) is 12.9. The van der Waals surface area contributed by atoms with Gasteiger partial charge in [-0.2, -0.15) is 9.61 Å². The zero-order valence-electron chi connectivity index (χ0n) is 21.0. The van der Waals surface area contributed by atoms with Crippen molar-refractivity contribution >= 4 is 34.9 Å². The van der Waals surface area contributed by atoms with Crippen LogP contribution in [0, 0.1) is 5.92 Å². The minimum Gasteiger partial charge on any atom is -0.307 e. The molecule has 0 fully saturated rings. The molecule has 37 heavy (non-hydrogen) atoms. The number of fused-ring (bicyclic) bond motifs is 4. The molecule has 3 aliphatic rings. The Hall–Kier alpha value is -3.91. The number of hydrogen-bond acceptors (Lipinski definition) is 4. The zero-order valence-corrected chi connectivity index (χ0v) is 21.7. The topological polar surface area (TPSA) is 89.1 Å². The molecule has 1 aliphatic carbocycles. The third-order valence-electron chi connectivity index (χ3n) is 8.12. The number of nitrogens with zero attached hydrogens (tertiary/aromatic N) is 5. The van der Waals surface area contributed by atoms with Crippen molar-refractivity contribution in [2.45, 2.75) is 45.1 Å². The van der Waals surface area contributed by atoms with E-state index < -0.39 is 5.41 Å². The molecule has 4 aromatic rings. The predicted molar refractivity (Wildman–Crippen MR) is 144 cm³/mol. The molecule has 0 spiro atoms. The summed E-state index contributed by atoms with van der Waals surface area (Å²) >= 11 is 6.27. The van der Waals surface area contributed by atoms with E-state index >= 15 is 0 Å². The highest BCUT2D eigenvalue weighted by Gasteiger charge is 2.48. The van der Waals surface area contributed by atoms with Gasteiger partial charge in [-0.05, 0) is 37.5 Å². The Morgan fingerprint density at radius 1 is 1.00 bits per heavy atom. The highest BCUT2D eigenvalue weighted by Crippen LogP contribution is 2.55. The molecule has 8 nitrogen and oxygen atoms in total. The summed E-state index contributed by atoms with van der Waals surface area (Å²) in [4.78, 5) is 23.7. The van der Waals surface area contributed by atoms with Crippen molar-refractivity contribution in [1.29, 1.82) is 0 Å². The smallest absolute Gasteiger partial charge is 0.307 e. The van der Waals surface area contributed by atoms with E-state index in [0.29, 0.717) is 22.4 Å². The Morgan fingerprint density at radius 3 is 2.54 bits per heavy atom. The third-order valence-corrected chi connectivity index (χ3v) is 8.33. The Labute approximate surface area is 219 Å². The van der Waals surface area contributed by atoms with Gasteiger partial charge < -0.3 is 4.57 Å². The number of hydrogen-bond donors (Lipinski definition) is 2. The SMILES string of the molecule is CC1C=CC2(C)C3=C1C(C)c1nc(-c4ccccc4)c(n1C3C)NC(=O)Nc1c2nc2ccc(Cl)nn12. The molecule has 0 saturated carbocycles. The van der Waals surface area contributed by atoms with Gasteiger partial charge in [0, 0.05) is 11.5 Å². The average molecular weight is 512 g/mol. The standard InChI is InChI=1S/C28H26ClN7O/c1-14-12-13-28(4)21-16(3)35-24(15(2)20(14)21)31-22(17-8-6-5-7-9-17)25(35)32-27(37)33-26-23(28)30-19-11-10-18(29)34-36(19)26/h5-16H,1-4H3,(H2,32,33,37). The maximum atomic E-state index is 13.6. The number of carbonyl (C=O) groups is 1. The fourth-order valence-electron chi connectivity index (χ4n) is 6.55. The van der Waals surface area contributed by atoms with Crippen molar-refractivity contribution in [2.75, 3.05) is 10.6 Å². The maximum absolute atomic E-state index is 13.6. The van der Waals surface area contributed by atoms with Crippen molar-refractivity contribution in [3.8, 4) is 11.3 Å². The fourth-order valence-corrected chi connectivity index (χ4v) is 6.69. The second-order valence-corrected chi connectivity index (χ2v) is 10.7. The lowest BCUT2D eigenvalue weighted by atomic mass is 9.64. The predicted octanol–water partition coefficient (Wildman–Crippen LogP) is 6.34. The van der Waals surface area contributed by atoms with Crippen LogP contribution in [0.3, 0.4) is 0 Å². The van der Waals surface area contributed by atoms with Crippen LogP contribution in [0.4, 0.5) is 16.4 Å². The van der Waals surface area contributed by atoms with Gasteiger partial charge in [-0.3, -0.25) is 10.6 Å². The molecule has 7 rings (SSSR count). The van der Waals surface area contributed by atoms with Gasteiger partial charge in [-0.15, -0.1) is 0 Å². The monoisotopic (exact) mass is 511 g/mol. The number of anilines is 2. The number of nitrogens with one attached hydrogen (secondary N) is 2. The van der Waals surface area contributed by atoms with Gasteiger partial charge in [-0.25, -0.2) is 14.8 Å². The van der Waals surface area contributed by atoms with Crippen LogP contribution in [-0.4, -0.2) is 30.2 Å². The summed E-state index contributed by atoms with van der Waals surface area (Å²) in [5, 5.41) is 11.0. The summed E-state index contributed by atoms with van der Waals surface area (Å²) in [6, 6.07) is 13.1. The fraction of sp³-hybridized carbons (Fsp3) is 0.286. The molecule has 0 radical (unpaired) electrons. The quantitative estimate of drug-likeness (QED) is 0.292. The lowest BCUT2D eigenvalue weighted by molar-refractivity contribution is 0.261. The number of benzene rings is 1. The summed E-state index contributed by atoms with van der Waals surface area (Å²) < 4.78 is 3.82. The van der Waals surface area contributed by atoms with Gasteiger partial charge >= 0.3 is 6.03 Å². The first-order chi connectivity index (χ1) is 17.8. The summed E-state index contributed by atoms with van der Waals surface area (Å²) in [6.45, 7) is 8.83. The van der Waals surface area contributed by atoms with Gasteiger partial charge in [0.2, 0.25) is 0 Å². The minimum atomic E-state index is -0.582. The van der Waals surface area contributed by atoms with Crippen molar-refractivity contribution in [3.63, 3.8) is 0 Å². The van der Waals surface area contributed by atoms with Gasteiger partial charge in [0.1, 0.15) is 22.5 Å². The van der Waals surface area contributed by atoms with Gasteiger partial charge in [0.15, 0.2) is 11.5 Å². The number of aromatic nitrogens is 5. The van der Waals surface area contributed by atoms with E-state index in [9.17, 15) is 4.79 Å². The molecule has 9 heteroatoms. The number of carbonyl (C=O) groups excluding carboxylic acids is 1. The summed E-state index contributed by atoms with van der Waals surface area (Å²) in [5.74, 6) is 2.43. The van der Waals surface area contributed by atoms with Crippen molar-refractivity contribution in [3.05, 3.63) is 82.4 Å². The molecular weight excluding hydrogens is 486 g/mol. The van der Waals surface area contributed by atoms with E-state index in [1.165, 1.54) is 11.1 Å². The summed E-state index contributed by atoms with van der Waals surface area (Å²) in [5.41, 5.74) is 5.10. The average Bonchev–Trinajstić information content (AvgIpc) is 3.43. The van der Waals surface area contributed by atoms with Gasteiger partial charge in [-0.1, -0.05) is 73.5 Å². The van der Waals surface area contributed by atoms with Crippen molar-refractivity contribution in [1.82, 2.24) is 24.1 Å². The highest BCUT2D eigenvalue weighted by atomic mass is 35.5. The van der Waals surface area contributed by atoms with Crippen LogP contribution in [0.25, 0.3) is 16.9 Å². The van der Waals surface area contributed by atoms with E-state index in [0.717, 1.165) is 22.8 Å². The van der Waals surface area contributed by atoms with E-state index in [4.69, 9.17) is 21.6 Å². The molecular formula is C28H26ClN7O. The van der Waals surface area contributed by atoms with Gasteiger partial charge in [0.05, 0.1) is 17.2 Å². The third kappa shape index (κ3) is 2.96. The van der Waals surface area contributed by atoms with E-state index in [1.54, 1.807) is 10.6 Å². The van der Waals surface area contributed by atoms with Crippen molar-refractivity contribution in [2.24, 2.45) is 5.92 Å². The molecule has 4 unspecified atom stereocenters. The van der Waals surface area contributed by atoms with Gasteiger partial charge in [0.25, 0.3) is 0 Å². The van der Waals surface area contributed by atoms with Crippen molar-refractivity contribution < 1.29 is 4.79 Å². The first-order valence-electron chi connectivity index (χ1n) is 12.5. The maximum Gasteiger partial charge on any atom is 0.326 e. The molecule has 186 valence electrons. The van der Waals surface area contributed by atoms with Crippen LogP contribution in [-0.2, 0) is 5.41 Å². The zero-order chi connectivity index (χ0) is 25.6. The number of halogens is 1. The minimum absolute atomic E-state index is 0.0547. The highest BCUT2D eigenvalue weighted by molar-refractivity contribution is 6.29. The Balaban J connectivity index is 1.57. The largest absolute Gasteiger partial charge is 0.326 e. The van der Waals surface area contributed by atoms with Crippen LogP contribution in [0.1, 0.15) is 51.2 Å². The molecule has 3 aromatic heterocycles.